The molecule has 5 nitrogen and oxygen atoms in total. The smallest absolute Gasteiger partial charge is 0.229 e. The quantitative estimate of drug-likeness (QED) is 0.474. The summed E-state index contributed by atoms with van der Waals surface area (Å²) in [4.78, 5) is 4.62. The van der Waals surface area contributed by atoms with Crippen molar-refractivity contribution in [2.75, 3.05) is 16.3 Å². The molecule has 3 rings (SSSR count). The van der Waals surface area contributed by atoms with E-state index in [9.17, 15) is 8.42 Å². The Morgan fingerprint density at radius 2 is 1.64 bits per heavy atom. The lowest BCUT2D eigenvalue weighted by Crippen LogP contribution is -2.09. The molecule has 0 unspecified atom stereocenters. The number of thiazole rings is 1. The third kappa shape index (κ3) is 6.51. The zero-order chi connectivity index (χ0) is 19.3. The van der Waals surface area contributed by atoms with Crippen LogP contribution in [0.2, 0.25) is 0 Å². The fourth-order valence-electron chi connectivity index (χ4n) is 2.65. The molecule has 1 aromatic heterocycles. The van der Waals surface area contributed by atoms with Gasteiger partial charge in [0, 0.05) is 22.3 Å². The van der Waals surface area contributed by atoms with E-state index >= 15 is 0 Å². The van der Waals surface area contributed by atoms with Crippen LogP contribution < -0.4 is 10.0 Å². The minimum absolute atomic E-state index is 0. The third-order valence-electron chi connectivity index (χ3n) is 4.01. The molecule has 0 spiro atoms. The van der Waals surface area contributed by atoms with Crippen molar-refractivity contribution in [2.24, 2.45) is 0 Å². The molecule has 0 fully saturated rings. The van der Waals surface area contributed by atoms with E-state index in [1.54, 1.807) is 12.1 Å². The molecule has 0 amide bonds. The summed E-state index contributed by atoms with van der Waals surface area (Å²) in [6.07, 6.45) is 4.66. The number of aryl methyl sites for hydroxylation is 1. The van der Waals surface area contributed by atoms with E-state index in [2.05, 4.69) is 46.2 Å². The molecular weight excluding hydrogens is 414 g/mol. The Bertz CT molecular complexity index is 985. The molecule has 0 bridgehead atoms. The van der Waals surface area contributed by atoms with E-state index in [1.807, 2.05) is 17.5 Å². The van der Waals surface area contributed by atoms with Crippen molar-refractivity contribution in [3.8, 4) is 11.3 Å². The van der Waals surface area contributed by atoms with Crippen LogP contribution >= 0.6 is 23.7 Å². The van der Waals surface area contributed by atoms with Crippen LogP contribution in [0, 0.1) is 0 Å². The van der Waals surface area contributed by atoms with Crippen molar-refractivity contribution in [3.63, 3.8) is 0 Å². The number of aromatic nitrogens is 1. The summed E-state index contributed by atoms with van der Waals surface area (Å²) >= 11 is 1.54. The van der Waals surface area contributed by atoms with Crippen molar-refractivity contribution in [2.45, 2.75) is 26.2 Å². The lowest BCUT2D eigenvalue weighted by atomic mass is 10.1. The van der Waals surface area contributed by atoms with E-state index in [4.69, 9.17) is 0 Å². The van der Waals surface area contributed by atoms with E-state index in [0.717, 1.165) is 34.8 Å². The average molecular weight is 438 g/mol. The van der Waals surface area contributed by atoms with Crippen LogP contribution in [0.3, 0.4) is 0 Å². The maximum Gasteiger partial charge on any atom is 0.229 e. The van der Waals surface area contributed by atoms with Crippen LogP contribution in [-0.2, 0) is 16.4 Å². The molecule has 150 valence electrons. The Kier molecular flexibility index (Phi) is 7.86. The summed E-state index contributed by atoms with van der Waals surface area (Å²) in [7, 11) is -3.27. The number of hydrogen-bond acceptors (Lipinski definition) is 5. The number of nitrogens with zero attached hydrogens (tertiary/aromatic N) is 1. The number of unbranched alkanes of at least 4 members (excludes halogenated alkanes) is 1. The predicted octanol–water partition coefficient (Wildman–Crippen LogP) is 5.69. The highest BCUT2D eigenvalue weighted by molar-refractivity contribution is 7.92. The second-order valence-corrected chi connectivity index (χ2v) is 9.02. The molecule has 28 heavy (non-hydrogen) atoms. The average Bonchev–Trinajstić information content (AvgIpc) is 3.09. The zero-order valence-electron chi connectivity index (χ0n) is 15.8. The van der Waals surface area contributed by atoms with Gasteiger partial charge in [0.2, 0.25) is 10.0 Å². The van der Waals surface area contributed by atoms with Gasteiger partial charge in [-0.2, -0.15) is 0 Å². The normalized spacial score (nSPS) is 10.9. The first-order valence-electron chi connectivity index (χ1n) is 8.82. The third-order valence-corrected chi connectivity index (χ3v) is 5.38. The van der Waals surface area contributed by atoms with E-state index in [1.165, 1.54) is 29.7 Å². The highest BCUT2D eigenvalue weighted by Gasteiger charge is 2.07. The van der Waals surface area contributed by atoms with Gasteiger partial charge in [0.15, 0.2) is 5.13 Å². The van der Waals surface area contributed by atoms with Crippen molar-refractivity contribution >= 4 is 50.3 Å². The molecule has 2 aromatic carbocycles. The Labute approximate surface area is 176 Å². The molecule has 2 N–H and O–H groups in total. The van der Waals surface area contributed by atoms with Gasteiger partial charge in [-0.25, -0.2) is 13.4 Å². The monoisotopic (exact) mass is 437 g/mol. The fourth-order valence-corrected chi connectivity index (χ4v) is 3.95. The summed E-state index contributed by atoms with van der Waals surface area (Å²) in [5.74, 6) is 0. The highest BCUT2D eigenvalue weighted by Crippen LogP contribution is 2.28. The molecule has 0 radical (unpaired) electrons. The molecule has 8 heteroatoms. The van der Waals surface area contributed by atoms with Gasteiger partial charge in [-0.15, -0.1) is 23.7 Å². The Hall–Kier alpha value is -2.09. The van der Waals surface area contributed by atoms with Crippen LogP contribution in [0.4, 0.5) is 16.5 Å². The van der Waals surface area contributed by atoms with Crippen LogP contribution in [0.5, 0.6) is 0 Å². The number of benzene rings is 2. The minimum atomic E-state index is -3.27. The number of rotatable bonds is 8. The van der Waals surface area contributed by atoms with E-state index in [-0.39, 0.29) is 12.4 Å². The number of halogens is 1. The van der Waals surface area contributed by atoms with Gasteiger partial charge in [-0.05, 0) is 42.7 Å². The molecule has 0 aliphatic heterocycles. The molecule has 0 saturated heterocycles. The van der Waals surface area contributed by atoms with Gasteiger partial charge in [0.05, 0.1) is 11.9 Å². The fraction of sp³-hybridized carbons (Fsp3) is 0.250. The Morgan fingerprint density at radius 1 is 1.00 bits per heavy atom. The van der Waals surface area contributed by atoms with Gasteiger partial charge < -0.3 is 5.32 Å². The van der Waals surface area contributed by atoms with Crippen molar-refractivity contribution in [3.05, 3.63) is 59.5 Å². The number of anilines is 3. The lowest BCUT2D eigenvalue weighted by molar-refractivity contribution is 0.607. The van der Waals surface area contributed by atoms with Crippen molar-refractivity contribution in [1.82, 2.24) is 4.98 Å². The first-order chi connectivity index (χ1) is 12.9. The van der Waals surface area contributed by atoms with Gasteiger partial charge in [0.25, 0.3) is 0 Å². The zero-order valence-corrected chi connectivity index (χ0v) is 18.3. The van der Waals surface area contributed by atoms with Crippen LogP contribution in [-0.4, -0.2) is 19.7 Å². The van der Waals surface area contributed by atoms with E-state index < -0.39 is 10.0 Å². The molecule has 0 saturated carbocycles. The van der Waals surface area contributed by atoms with Gasteiger partial charge in [-0.1, -0.05) is 37.6 Å². The van der Waals surface area contributed by atoms with Gasteiger partial charge in [0.1, 0.15) is 0 Å². The highest BCUT2D eigenvalue weighted by atomic mass is 35.5. The topological polar surface area (TPSA) is 71.1 Å². The Morgan fingerprint density at radius 3 is 2.25 bits per heavy atom. The molecule has 1 heterocycles. The summed E-state index contributed by atoms with van der Waals surface area (Å²) in [6, 6.07) is 15.6. The van der Waals surface area contributed by atoms with Crippen molar-refractivity contribution in [1.29, 1.82) is 0 Å². The molecular formula is C20H24ClN3O2S2. The Balaban J connectivity index is 0.00000280. The molecule has 3 aromatic rings. The van der Waals surface area contributed by atoms with E-state index in [0.29, 0.717) is 5.69 Å². The number of nitrogens with one attached hydrogen (secondary N) is 2. The van der Waals surface area contributed by atoms with Crippen molar-refractivity contribution < 1.29 is 8.42 Å². The summed E-state index contributed by atoms with van der Waals surface area (Å²) < 4.78 is 25.0. The maximum atomic E-state index is 11.3. The van der Waals surface area contributed by atoms with Crippen LogP contribution in [0.25, 0.3) is 11.3 Å². The summed E-state index contributed by atoms with van der Waals surface area (Å²) in [5.41, 5.74) is 4.70. The second-order valence-electron chi connectivity index (χ2n) is 6.41. The standard InChI is InChI=1S/C20H23N3O2S2.ClH/c1-3-4-5-15-6-10-17(11-7-15)21-20-22-19(14-26-20)16-8-12-18(13-9-16)23-27(2,24)25;/h6-14,23H,3-5H2,1-2H3,(H,21,22);1H. The largest absolute Gasteiger partial charge is 0.332 e. The predicted molar refractivity (Wildman–Crippen MR) is 122 cm³/mol. The van der Waals surface area contributed by atoms with Gasteiger partial charge in [-0.3, -0.25) is 4.72 Å². The summed E-state index contributed by atoms with van der Waals surface area (Å²) in [5, 5.41) is 6.14. The molecule has 0 atom stereocenters. The van der Waals surface area contributed by atoms with Crippen LogP contribution in [0.15, 0.2) is 53.9 Å². The lowest BCUT2D eigenvalue weighted by Gasteiger charge is -2.05. The summed E-state index contributed by atoms with van der Waals surface area (Å²) in [6.45, 7) is 2.20. The molecule has 0 aliphatic carbocycles. The number of sulfonamides is 1. The minimum Gasteiger partial charge on any atom is -0.332 e. The number of hydrogen-bond donors (Lipinski definition) is 2. The first-order valence-corrected chi connectivity index (χ1v) is 11.6. The molecule has 0 aliphatic rings. The van der Waals surface area contributed by atoms with Gasteiger partial charge >= 0.3 is 0 Å². The maximum absolute atomic E-state index is 11.3. The first kappa shape index (κ1) is 22.2. The SMILES string of the molecule is CCCCc1ccc(Nc2nc(-c3ccc(NS(C)(=O)=O)cc3)cs2)cc1.Cl. The van der Waals surface area contributed by atoms with Crippen LogP contribution in [0.1, 0.15) is 25.3 Å². The second kappa shape index (κ2) is 9.91.